The van der Waals surface area contributed by atoms with Crippen LogP contribution in [0.25, 0.3) is 0 Å². The van der Waals surface area contributed by atoms with Gasteiger partial charge < -0.3 is 35.2 Å². The van der Waals surface area contributed by atoms with Crippen LogP contribution in [-0.2, 0) is 14.3 Å². The molecule has 0 saturated carbocycles. The van der Waals surface area contributed by atoms with Crippen LogP contribution in [0.3, 0.4) is 0 Å². The van der Waals surface area contributed by atoms with E-state index in [4.69, 9.17) is 14.6 Å². The Kier molecular flexibility index (Phi) is 13.4. The monoisotopic (exact) mass is 455 g/mol. The van der Waals surface area contributed by atoms with E-state index in [1.165, 1.54) is 6.42 Å². The number of hydrogen-bond donors (Lipinski definition) is 5. The molecule has 0 unspecified atom stereocenters. The topological polar surface area (TPSA) is 128 Å². The third-order valence-corrected chi connectivity index (χ3v) is 5.15. The van der Waals surface area contributed by atoms with E-state index in [0.717, 1.165) is 51.5 Å². The molecule has 0 aliphatic carbocycles. The van der Waals surface area contributed by atoms with Crippen LogP contribution >= 0.6 is 15.9 Å². The second-order valence-corrected chi connectivity index (χ2v) is 7.44. The fourth-order valence-electron chi connectivity index (χ4n) is 2.97. The molecular weight excluding hydrogens is 422 g/mol. The number of halogens is 1. The molecule has 1 saturated heterocycles. The Bertz CT molecular complexity index is 400. The SMILES string of the molecule is O=C(CBr)NCCCCCCCCCCO[C@@H]1O[C@H](CO)[C@@H](O)[C@H](O)[C@H]1O. The van der Waals surface area contributed by atoms with Crippen LogP contribution in [0.5, 0.6) is 0 Å². The van der Waals surface area contributed by atoms with Gasteiger partial charge in [-0.2, -0.15) is 0 Å². The molecule has 8 nitrogen and oxygen atoms in total. The Balaban J connectivity index is 1.96. The number of hydrogen-bond acceptors (Lipinski definition) is 7. The molecule has 9 heteroatoms. The number of amides is 1. The van der Waals surface area contributed by atoms with Gasteiger partial charge >= 0.3 is 0 Å². The second kappa shape index (κ2) is 14.7. The first-order valence-electron chi connectivity index (χ1n) is 9.76. The Morgan fingerprint density at radius 3 is 2.11 bits per heavy atom. The first-order valence-corrected chi connectivity index (χ1v) is 10.9. The van der Waals surface area contributed by atoms with Crippen molar-refractivity contribution in [1.82, 2.24) is 5.32 Å². The minimum absolute atomic E-state index is 0.0286. The van der Waals surface area contributed by atoms with Crippen LogP contribution in [0, 0.1) is 0 Å². The van der Waals surface area contributed by atoms with Gasteiger partial charge in [0.25, 0.3) is 0 Å². The van der Waals surface area contributed by atoms with Gasteiger partial charge in [-0.3, -0.25) is 4.79 Å². The van der Waals surface area contributed by atoms with E-state index in [0.29, 0.717) is 11.9 Å². The maximum Gasteiger partial charge on any atom is 0.230 e. The number of aliphatic hydroxyl groups excluding tert-OH is 4. The van der Waals surface area contributed by atoms with Crippen molar-refractivity contribution in [2.45, 2.75) is 82.1 Å². The lowest BCUT2D eigenvalue weighted by Gasteiger charge is -2.39. The maximum absolute atomic E-state index is 11.0. The van der Waals surface area contributed by atoms with Crippen LogP contribution in [0.1, 0.15) is 51.4 Å². The molecule has 0 spiro atoms. The van der Waals surface area contributed by atoms with Crippen LogP contribution in [0.4, 0.5) is 0 Å². The fraction of sp³-hybridized carbons (Fsp3) is 0.944. The van der Waals surface area contributed by atoms with Gasteiger partial charge in [-0.05, 0) is 12.8 Å². The van der Waals surface area contributed by atoms with Gasteiger partial charge in [0.05, 0.1) is 11.9 Å². The number of nitrogens with one attached hydrogen (secondary N) is 1. The molecule has 1 fully saturated rings. The summed E-state index contributed by atoms with van der Waals surface area (Å²) >= 11 is 3.11. The molecule has 0 radical (unpaired) electrons. The number of carbonyl (C=O) groups excluding carboxylic acids is 1. The summed E-state index contributed by atoms with van der Waals surface area (Å²) in [5, 5.41) is 41.6. The summed E-state index contributed by atoms with van der Waals surface area (Å²) in [4.78, 5) is 11.0. The first kappa shape index (κ1) is 24.7. The van der Waals surface area contributed by atoms with Crippen molar-refractivity contribution < 1.29 is 34.7 Å². The smallest absolute Gasteiger partial charge is 0.230 e. The lowest BCUT2D eigenvalue weighted by molar-refractivity contribution is -0.301. The summed E-state index contributed by atoms with van der Waals surface area (Å²) < 4.78 is 10.7. The maximum atomic E-state index is 11.0. The number of ether oxygens (including phenoxy) is 2. The highest BCUT2D eigenvalue weighted by molar-refractivity contribution is 9.09. The van der Waals surface area contributed by atoms with E-state index >= 15 is 0 Å². The Hall–Kier alpha value is -0.290. The zero-order valence-electron chi connectivity index (χ0n) is 15.8. The Morgan fingerprint density at radius 2 is 1.52 bits per heavy atom. The number of aliphatic hydroxyl groups is 4. The first-order chi connectivity index (χ1) is 13.0. The molecule has 1 rings (SSSR count). The summed E-state index contributed by atoms with van der Waals surface area (Å²) in [6.45, 7) is 0.670. The minimum Gasteiger partial charge on any atom is -0.394 e. The third-order valence-electron chi connectivity index (χ3n) is 4.65. The largest absolute Gasteiger partial charge is 0.394 e. The van der Waals surface area contributed by atoms with Gasteiger partial charge in [-0.25, -0.2) is 0 Å². The quantitative estimate of drug-likeness (QED) is 0.190. The van der Waals surface area contributed by atoms with E-state index in [2.05, 4.69) is 21.2 Å². The van der Waals surface area contributed by atoms with Crippen molar-refractivity contribution in [2.24, 2.45) is 0 Å². The van der Waals surface area contributed by atoms with Gasteiger partial charge in [-0.15, -0.1) is 0 Å². The normalized spacial score (nSPS) is 28.3. The van der Waals surface area contributed by atoms with E-state index in [-0.39, 0.29) is 5.91 Å². The predicted molar refractivity (Wildman–Crippen MR) is 103 cm³/mol. The molecule has 1 aliphatic heterocycles. The van der Waals surface area contributed by atoms with Crippen LogP contribution in [0.2, 0.25) is 0 Å². The lowest BCUT2D eigenvalue weighted by atomic mass is 9.99. The molecule has 1 amide bonds. The highest BCUT2D eigenvalue weighted by Gasteiger charge is 2.43. The van der Waals surface area contributed by atoms with Gasteiger partial charge in [0.1, 0.15) is 24.4 Å². The molecule has 27 heavy (non-hydrogen) atoms. The van der Waals surface area contributed by atoms with Gasteiger partial charge in [0, 0.05) is 13.2 Å². The summed E-state index contributed by atoms with van der Waals surface area (Å²) in [5.74, 6) is 0.0286. The standard InChI is InChI=1S/C18H34BrNO7/c19-11-14(22)20-9-7-5-3-1-2-4-6-8-10-26-18-17(25)16(24)15(23)13(12-21)27-18/h13,15-18,21,23-25H,1-12H2,(H,20,22)/t13-,15-,16+,17-,18-/m1/s1. The molecule has 5 atom stereocenters. The lowest BCUT2D eigenvalue weighted by Crippen LogP contribution is -2.59. The molecule has 0 aromatic heterocycles. The zero-order chi connectivity index (χ0) is 20.1. The van der Waals surface area contributed by atoms with Crippen molar-refractivity contribution in [3.63, 3.8) is 0 Å². The average molecular weight is 456 g/mol. The highest BCUT2D eigenvalue weighted by atomic mass is 79.9. The number of rotatable bonds is 14. The van der Waals surface area contributed by atoms with Crippen molar-refractivity contribution in [2.75, 3.05) is 25.1 Å². The molecular formula is C18H34BrNO7. The summed E-state index contributed by atoms with van der Waals surface area (Å²) in [7, 11) is 0. The molecule has 160 valence electrons. The Labute approximate surface area is 169 Å². The summed E-state index contributed by atoms with van der Waals surface area (Å²) in [5.41, 5.74) is 0. The number of carbonyl (C=O) groups is 1. The molecule has 1 aliphatic rings. The minimum atomic E-state index is -1.39. The molecule has 5 N–H and O–H groups in total. The van der Waals surface area contributed by atoms with E-state index < -0.39 is 37.3 Å². The molecule has 0 aromatic carbocycles. The second-order valence-electron chi connectivity index (χ2n) is 6.88. The fourth-order valence-corrected chi connectivity index (χ4v) is 3.17. The van der Waals surface area contributed by atoms with Crippen molar-refractivity contribution in [3.8, 4) is 0 Å². The van der Waals surface area contributed by atoms with Crippen molar-refractivity contribution in [1.29, 1.82) is 0 Å². The van der Waals surface area contributed by atoms with Crippen LogP contribution < -0.4 is 5.32 Å². The van der Waals surface area contributed by atoms with Crippen LogP contribution in [-0.4, -0.2) is 82.1 Å². The molecule has 0 aromatic rings. The molecule has 0 bridgehead atoms. The summed E-state index contributed by atoms with van der Waals surface area (Å²) in [6, 6.07) is 0. The molecule has 1 heterocycles. The van der Waals surface area contributed by atoms with E-state index in [1.807, 2.05) is 0 Å². The van der Waals surface area contributed by atoms with Crippen molar-refractivity contribution in [3.05, 3.63) is 0 Å². The number of alkyl halides is 1. The number of unbranched alkanes of at least 4 members (excludes halogenated alkanes) is 7. The van der Waals surface area contributed by atoms with E-state index in [1.54, 1.807) is 0 Å². The Morgan fingerprint density at radius 1 is 0.926 bits per heavy atom. The van der Waals surface area contributed by atoms with Gasteiger partial charge in [-0.1, -0.05) is 54.5 Å². The van der Waals surface area contributed by atoms with Gasteiger partial charge in [0.2, 0.25) is 5.91 Å². The zero-order valence-corrected chi connectivity index (χ0v) is 17.3. The summed E-state index contributed by atoms with van der Waals surface area (Å²) in [6.07, 6.45) is 2.45. The van der Waals surface area contributed by atoms with Crippen LogP contribution in [0.15, 0.2) is 0 Å². The van der Waals surface area contributed by atoms with Gasteiger partial charge in [0.15, 0.2) is 6.29 Å². The van der Waals surface area contributed by atoms with E-state index in [9.17, 15) is 20.1 Å². The van der Waals surface area contributed by atoms with Crippen molar-refractivity contribution >= 4 is 21.8 Å². The highest BCUT2D eigenvalue weighted by Crippen LogP contribution is 2.22. The predicted octanol–water partition coefficient (Wildman–Crippen LogP) is 0.435. The average Bonchev–Trinajstić information content (AvgIpc) is 2.68. The third kappa shape index (κ3) is 9.65.